The molecule has 15 nitrogen and oxygen atoms in total. The van der Waals surface area contributed by atoms with Crippen molar-refractivity contribution in [2.24, 2.45) is 0 Å². The molecule has 0 aliphatic heterocycles. The van der Waals surface area contributed by atoms with Gasteiger partial charge in [0.25, 0.3) is 5.91 Å². The molecule has 372 valence electrons. The van der Waals surface area contributed by atoms with E-state index in [1.54, 1.807) is 36.4 Å². The van der Waals surface area contributed by atoms with Gasteiger partial charge < -0.3 is 41.4 Å². The van der Waals surface area contributed by atoms with Gasteiger partial charge in [-0.25, -0.2) is 4.79 Å². The first-order valence-electron chi connectivity index (χ1n) is 24.9. The largest absolute Gasteiger partial charge is 0.493 e. The van der Waals surface area contributed by atoms with Crippen LogP contribution in [0.2, 0.25) is 0 Å². The Kier molecular flexibility index (Phi) is 27.4. The highest BCUT2D eigenvalue weighted by molar-refractivity contribution is 6.09. The molecule has 6 amide bonds. The van der Waals surface area contributed by atoms with Crippen molar-refractivity contribution in [3.05, 3.63) is 71.8 Å². The van der Waals surface area contributed by atoms with Crippen LogP contribution >= 0.6 is 0 Å². The maximum atomic E-state index is 13.7. The van der Waals surface area contributed by atoms with Crippen molar-refractivity contribution in [2.45, 2.75) is 163 Å². The molecular weight excluding hydrogens is 865 g/mol. The number of amides is 6. The van der Waals surface area contributed by atoms with E-state index in [1.807, 2.05) is 0 Å². The summed E-state index contributed by atoms with van der Waals surface area (Å²) in [7, 11) is 0. The van der Waals surface area contributed by atoms with E-state index in [1.165, 1.54) is 30.7 Å². The second-order valence-corrected chi connectivity index (χ2v) is 17.1. The third kappa shape index (κ3) is 23.5. The fourth-order valence-electron chi connectivity index (χ4n) is 7.21. The van der Waals surface area contributed by atoms with Crippen molar-refractivity contribution in [1.82, 2.24) is 5.32 Å². The second kappa shape index (κ2) is 33.3. The average Bonchev–Trinajstić information content (AvgIpc) is 3.30. The molecule has 0 aliphatic rings. The predicted molar refractivity (Wildman–Crippen MR) is 270 cm³/mol. The molecule has 0 aliphatic carbocycles. The third-order valence-electron chi connectivity index (χ3n) is 10.9. The standard InChI is InChI=1S/C53H76N6O9/c1-5-9-13-15-17-21-30-67-46-29-28-42(56-48(61)27-20-12-8-4)36-45(46)52(65)54-38-51(64)59-44-33-39(53(66)68-31-22-18-16-14-10-6-2)32-43(35-44)58-50(63)37-49(62)57-41-25-23-24-40(34-41)55-47(60)26-19-11-7-3/h23-25,28-29,32-36H,5-22,26-27,30-31,37-38H2,1-4H3,(H,54,65)(H,55,60)(H,56,61)(H,57,62)(H,58,63)(H,59,64). The minimum absolute atomic E-state index is 0.0480. The number of nitrogens with one attached hydrogen (secondary N) is 6. The Morgan fingerprint density at radius 2 is 0.897 bits per heavy atom. The van der Waals surface area contributed by atoms with Crippen LogP contribution in [0.25, 0.3) is 0 Å². The van der Waals surface area contributed by atoms with E-state index in [0.717, 1.165) is 103 Å². The van der Waals surface area contributed by atoms with Crippen LogP contribution in [-0.2, 0) is 28.7 Å². The van der Waals surface area contributed by atoms with Crippen molar-refractivity contribution in [2.75, 3.05) is 46.3 Å². The van der Waals surface area contributed by atoms with Gasteiger partial charge in [-0.15, -0.1) is 0 Å². The third-order valence-corrected chi connectivity index (χ3v) is 10.9. The first-order chi connectivity index (χ1) is 32.9. The van der Waals surface area contributed by atoms with Crippen LogP contribution < -0.4 is 36.6 Å². The van der Waals surface area contributed by atoms with E-state index in [-0.39, 0.29) is 40.9 Å². The average molecular weight is 941 g/mol. The molecule has 0 fully saturated rings. The van der Waals surface area contributed by atoms with E-state index >= 15 is 0 Å². The van der Waals surface area contributed by atoms with Gasteiger partial charge in [-0.05, 0) is 80.3 Å². The molecule has 3 aromatic rings. The lowest BCUT2D eigenvalue weighted by molar-refractivity contribution is -0.124. The van der Waals surface area contributed by atoms with Gasteiger partial charge in [0.2, 0.25) is 29.5 Å². The normalized spacial score (nSPS) is 10.7. The Morgan fingerprint density at radius 1 is 0.441 bits per heavy atom. The summed E-state index contributed by atoms with van der Waals surface area (Å²) in [6.07, 6.45) is 17.9. The lowest BCUT2D eigenvalue weighted by Crippen LogP contribution is -2.33. The fourth-order valence-corrected chi connectivity index (χ4v) is 7.21. The van der Waals surface area contributed by atoms with E-state index in [2.05, 4.69) is 59.6 Å². The Morgan fingerprint density at radius 3 is 1.47 bits per heavy atom. The fraction of sp³-hybridized carbons (Fsp3) is 0.528. The lowest BCUT2D eigenvalue weighted by Gasteiger charge is -2.15. The Bertz CT molecular complexity index is 2070. The van der Waals surface area contributed by atoms with Gasteiger partial charge in [-0.2, -0.15) is 0 Å². The molecule has 0 saturated heterocycles. The van der Waals surface area contributed by atoms with E-state index in [0.29, 0.717) is 48.7 Å². The Balaban J connectivity index is 1.72. The molecule has 0 aromatic heterocycles. The number of hydrogen-bond donors (Lipinski definition) is 6. The zero-order valence-corrected chi connectivity index (χ0v) is 40.9. The molecular formula is C53H76N6O9. The molecule has 0 heterocycles. The summed E-state index contributed by atoms with van der Waals surface area (Å²) >= 11 is 0. The van der Waals surface area contributed by atoms with Crippen LogP contribution in [0.5, 0.6) is 5.75 Å². The quantitative estimate of drug-likeness (QED) is 0.0191. The summed E-state index contributed by atoms with van der Waals surface area (Å²) in [4.78, 5) is 91.4. The van der Waals surface area contributed by atoms with Gasteiger partial charge in [0, 0.05) is 41.3 Å². The summed E-state index contributed by atoms with van der Waals surface area (Å²) in [5.41, 5.74) is 1.76. The summed E-state index contributed by atoms with van der Waals surface area (Å²) in [6.45, 7) is 8.54. The molecule has 0 atom stereocenters. The molecule has 0 spiro atoms. The number of ether oxygens (including phenoxy) is 2. The van der Waals surface area contributed by atoms with Crippen LogP contribution in [0.4, 0.5) is 28.4 Å². The second-order valence-electron chi connectivity index (χ2n) is 17.1. The van der Waals surface area contributed by atoms with Crippen molar-refractivity contribution < 1.29 is 43.0 Å². The molecule has 3 rings (SSSR count). The Labute approximate surface area is 403 Å². The highest BCUT2D eigenvalue weighted by Crippen LogP contribution is 2.25. The minimum Gasteiger partial charge on any atom is -0.493 e. The molecule has 0 radical (unpaired) electrons. The first kappa shape index (κ1) is 56.1. The highest BCUT2D eigenvalue weighted by Gasteiger charge is 2.19. The topological polar surface area (TPSA) is 210 Å². The zero-order chi connectivity index (χ0) is 49.4. The van der Waals surface area contributed by atoms with E-state index in [4.69, 9.17) is 9.47 Å². The molecule has 0 bridgehead atoms. The van der Waals surface area contributed by atoms with E-state index in [9.17, 15) is 33.6 Å². The maximum absolute atomic E-state index is 13.7. The highest BCUT2D eigenvalue weighted by atomic mass is 16.5. The molecule has 3 aromatic carbocycles. The zero-order valence-electron chi connectivity index (χ0n) is 40.9. The van der Waals surface area contributed by atoms with Gasteiger partial charge in [-0.3, -0.25) is 28.8 Å². The van der Waals surface area contributed by atoms with Crippen LogP contribution in [0.1, 0.15) is 183 Å². The van der Waals surface area contributed by atoms with Gasteiger partial charge in [0.1, 0.15) is 12.2 Å². The van der Waals surface area contributed by atoms with Crippen molar-refractivity contribution >= 4 is 69.8 Å². The predicted octanol–water partition coefficient (Wildman–Crippen LogP) is 11.3. The number of carbonyl (C=O) groups is 7. The first-order valence-corrected chi connectivity index (χ1v) is 24.9. The Hall–Kier alpha value is -6.25. The number of unbranched alkanes of at least 4 members (excludes halogenated alkanes) is 14. The lowest BCUT2D eigenvalue weighted by atomic mass is 10.1. The summed E-state index contributed by atoms with van der Waals surface area (Å²) in [6, 6.07) is 15.7. The molecule has 15 heteroatoms. The number of carbonyl (C=O) groups excluding carboxylic acids is 7. The number of hydrogen-bond acceptors (Lipinski definition) is 9. The number of rotatable bonds is 34. The van der Waals surface area contributed by atoms with Crippen molar-refractivity contribution in [3.63, 3.8) is 0 Å². The van der Waals surface area contributed by atoms with Crippen molar-refractivity contribution in [1.29, 1.82) is 0 Å². The van der Waals surface area contributed by atoms with Crippen LogP contribution in [0.3, 0.4) is 0 Å². The van der Waals surface area contributed by atoms with E-state index < -0.39 is 42.6 Å². The number of benzene rings is 3. The molecule has 6 N–H and O–H groups in total. The van der Waals surface area contributed by atoms with Gasteiger partial charge >= 0.3 is 5.97 Å². The number of anilines is 5. The maximum Gasteiger partial charge on any atom is 0.338 e. The minimum atomic E-state index is -0.695. The molecule has 0 unspecified atom stereocenters. The summed E-state index contributed by atoms with van der Waals surface area (Å²) in [5, 5.41) is 16.3. The van der Waals surface area contributed by atoms with Gasteiger partial charge in [0.05, 0.1) is 30.9 Å². The smallest absolute Gasteiger partial charge is 0.338 e. The summed E-state index contributed by atoms with van der Waals surface area (Å²) < 4.78 is 11.6. The monoisotopic (exact) mass is 941 g/mol. The molecule has 68 heavy (non-hydrogen) atoms. The van der Waals surface area contributed by atoms with Crippen LogP contribution in [0.15, 0.2) is 60.7 Å². The number of esters is 1. The van der Waals surface area contributed by atoms with Crippen molar-refractivity contribution in [3.8, 4) is 5.75 Å². The molecule has 0 saturated carbocycles. The van der Waals surface area contributed by atoms with Gasteiger partial charge in [0.15, 0.2) is 0 Å². The summed E-state index contributed by atoms with van der Waals surface area (Å²) in [5.74, 6) is -3.20. The van der Waals surface area contributed by atoms with Crippen LogP contribution in [0, 0.1) is 0 Å². The van der Waals surface area contributed by atoms with Gasteiger partial charge in [-0.1, -0.05) is 124 Å². The SMILES string of the molecule is CCCCCCCCOC(=O)c1cc(NC(=O)CNC(=O)c2cc(NC(=O)CCCCC)ccc2OCCCCCCCC)cc(NC(=O)CC(=O)Nc2cccc(NC(=O)CCCCC)c2)c1. The van der Waals surface area contributed by atoms with Crippen LogP contribution in [-0.4, -0.2) is 61.2 Å².